The second kappa shape index (κ2) is 8.19. The Morgan fingerprint density at radius 3 is 1.93 bits per heavy atom. The molecule has 0 heterocycles. The van der Waals surface area contributed by atoms with Crippen LogP contribution in [0, 0.1) is 30.9 Å². The molecule has 3 aromatic rings. The molecular weight excluding hydrogens is 378 g/mol. The van der Waals surface area contributed by atoms with Gasteiger partial charge in [-0.3, -0.25) is 10.1 Å². The van der Waals surface area contributed by atoms with Crippen molar-refractivity contribution in [3.63, 3.8) is 0 Å². The first-order valence-corrected chi connectivity index (χ1v) is 9.78. The number of nitro benzene ring substituents is 1. The highest BCUT2D eigenvalue weighted by atomic mass is 16.6. The molecule has 5 nitrogen and oxygen atoms in total. The van der Waals surface area contributed by atoms with Gasteiger partial charge in [0.1, 0.15) is 11.5 Å². The maximum Gasteiger partial charge on any atom is 0.272 e. The summed E-state index contributed by atoms with van der Waals surface area (Å²) in [6.45, 7) is 8.02. The number of aryl methyl sites for hydroxylation is 3. The van der Waals surface area contributed by atoms with Crippen LogP contribution in [0.3, 0.4) is 0 Å². The Hall–Kier alpha value is -3.34. The number of hydrogen-bond donors (Lipinski definition) is 0. The first kappa shape index (κ1) is 21.4. The summed E-state index contributed by atoms with van der Waals surface area (Å²) < 4.78 is 10.8. The van der Waals surface area contributed by atoms with Crippen molar-refractivity contribution in [2.24, 2.45) is 0 Å². The fourth-order valence-corrected chi connectivity index (χ4v) is 4.16. The lowest BCUT2D eigenvalue weighted by atomic mass is 9.69. The van der Waals surface area contributed by atoms with E-state index in [1.807, 2.05) is 37.3 Å². The molecule has 0 spiro atoms. The molecule has 0 amide bonds. The number of nitro groups is 1. The van der Waals surface area contributed by atoms with Crippen molar-refractivity contribution in [1.82, 2.24) is 0 Å². The minimum atomic E-state index is -0.521. The zero-order valence-electron chi connectivity index (χ0n) is 18.3. The van der Waals surface area contributed by atoms with Crippen LogP contribution in [-0.2, 0) is 5.41 Å². The average Bonchev–Trinajstić information content (AvgIpc) is 2.72. The van der Waals surface area contributed by atoms with Crippen molar-refractivity contribution >= 4 is 5.69 Å². The van der Waals surface area contributed by atoms with Gasteiger partial charge in [0.15, 0.2) is 0 Å². The van der Waals surface area contributed by atoms with E-state index in [4.69, 9.17) is 9.47 Å². The zero-order valence-corrected chi connectivity index (χ0v) is 18.3. The van der Waals surface area contributed by atoms with Gasteiger partial charge in [-0.2, -0.15) is 0 Å². The van der Waals surface area contributed by atoms with Gasteiger partial charge in [0.05, 0.1) is 19.1 Å². The second-order valence-electron chi connectivity index (χ2n) is 7.75. The Morgan fingerprint density at radius 1 is 0.800 bits per heavy atom. The highest BCUT2D eigenvalue weighted by molar-refractivity contribution is 5.57. The summed E-state index contributed by atoms with van der Waals surface area (Å²) in [6, 6.07) is 17.6. The number of benzene rings is 3. The fraction of sp³-hybridized carbons (Fsp3) is 0.280. The monoisotopic (exact) mass is 405 g/mol. The number of rotatable bonds is 6. The lowest BCUT2D eigenvalue weighted by Crippen LogP contribution is -2.27. The molecule has 0 saturated carbocycles. The van der Waals surface area contributed by atoms with E-state index in [0.29, 0.717) is 5.56 Å². The van der Waals surface area contributed by atoms with Gasteiger partial charge in [-0.25, -0.2) is 0 Å². The quantitative estimate of drug-likeness (QED) is 0.291. The molecule has 0 saturated heterocycles. The minimum Gasteiger partial charge on any atom is -0.497 e. The third-order valence-electron chi connectivity index (χ3n) is 5.92. The Kier molecular flexibility index (Phi) is 5.83. The molecule has 0 aliphatic rings. The molecule has 0 radical (unpaired) electrons. The Bertz CT molecular complexity index is 1110. The molecule has 1 unspecified atom stereocenters. The molecule has 30 heavy (non-hydrogen) atoms. The van der Waals surface area contributed by atoms with Crippen molar-refractivity contribution in [3.8, 4) is 11.5 Å². The molecule has 0 aromatic heterocycles. The first-order valence-electron chi connectivity index (χ1n) is 9.78. The number of nitrogens with zero attached hydrogens (tertiary/aromatic N) is 1. The van der Waals surface area contributed by atoms with Crippen molar-refractivity contribution in [1.29, 1.82) is 0 Å². The van der Waals surface area contributed by atoms with Crippen LogP contribution in [0.25, 0.3) is 0 Å². The maximum absolute atomic E-state index is 11.3. The summed E-state index contributed by atoms with van der Waals surface area (Å²) in [6.07, 6.45) is 0. The highest BCUT2D eigenvalue weighted by Gasteiger charge is 2.34. The van der Waals surface area contributed by atoms with Gasteiger partial charge in [0.2, 0.25) is 0 Å². The molecule has 156 valence electrons. The maximum atomic E-state index is 11.3. The van der Waals surface area contributed by atoms with Crippen LogP contribution in [0.2, 0.25) is 0 Å². The van der Waals surface area contributed by atoms with E-state index in [0.717, 1.165) is 39.3 Å². The van der Waals surface area contributed by atoms with Crippen molar-refractivity contribution in [2.75, 3.05) is 14.2 Å². The molecule has 3 rings (SSSR count). The highest BCUT2D eigenvalue weighted by Crippen LogP contribution is 2.43. The normalized spacial score (nSPS) is 12.9. The Labute approximate surface area is 177 Å². The van der Waals surface area contributed by atoms with Crippen LogP contribution >= 0.6 is 0 Å². The molecule has 0 aliphatic carbocycles. The van der Waals surface area contributed by atoms with E-state index in [9.17, 15) is 10.1 Å². The van der Waals surface area contributed by atoms with Crippen molar-refractivity contribution in [2.45, 2.75) is 33.1 Å². The van der Waals surface area contributed by atoms with Gasteiger partial charge in [0.25, 0.3) is 5.69 Å². The first-order chi connectivity index (χ1) is 14.2. The standard InChI is InChI=1S/C25H27NO4/c1-16-15-21(29-5)9-10-22(16)25(4,20-8-12-24(30-6)18(3)14-20)19-7-11-23(26(27)28)17(2)13-19/h7-15H,1-6H3. The van der Waals surface area contributed by atoms with Crippen LogP contribution in [-0.4, -0.2) is 19.1 Å². The summed E-state index contributed by atoms with van der Waals surface area (Å²) in [7, 11) is 3.31. The molecule has 3 aromatic carbocycles. The SMILES string of the molecule is COc1ccc(C(C)(c2ccc(OC)c(C)c2)c2ccc([N+](=O)[O-])c(C)c2)c(C)c1. The van der Waals surface area contributed by atoms with Crippen LogP contribution in [0.5, 0.6) is 11.5 Å². The third kappa shape index (κ3) is 3.63. The lowest BCUT2D eigenvalue weighted by molar-refractivity contribution is -0.385. The summed E-state index contributed by atoms with van der Waals surface area (Å²) in [5, 5.41) is 11.3. The average molecular weight is 405 g/mol. The van der Waals surface area contributed by atoms with E-state index in [1.165, 1.54) is 0 Å². The van der Waals surface area contributed by atoms with E-state index in [-0.39, 0.29) is 10.6 Å². The predicted octanol–water partition coefficient (Wildman–Crippen LogP) is 5.89. The molecule has 5 heteroatoms. The van der Waals surface area contributed by atoms with E-state index in [1.54, 1.807) is 27.2 Å². The van der Waals surface area contributed by atoms with Crippen molar-refractivity contribution < 1.29 is 14.4 Å². The zero-order chi connectivity index (χ0) is 22.1. The molecule has 0 N–H and O–H groups in total. The van der Waals surface area contributed by atoms with Crippen molar-refractivity contribution in [3.05, 3.63) is 98.1 Å². The topological polar surface area (TPSA) is 61.6 Å². The van der Waals surface area contributed by atoms with Crippen LogP contribution in [0.15, 0.2) is 54.6 Å². The smallest absolute Gasteiger partial charge is 0.272 e. The molecule has 1 atom stereocenters. The van der Waals surface area contributed by atoms with Gasteiger partial charge >= 0.3 is 0 Å². The van der Waals surface area contributed by atoms with E-state index < -0.39 is 5.41 Å². The van der Waals surface area contributed by atoms with Gasteiger partial charge in [-0.05, 0) is 79.8 Å². The van der Waals surface area contributed by atoms with Gasteiger partial charge < -0.3 is 9.47 Å². The van der Waals surface area contributed by atoms with Crippen LogP contribution in [0.1, 0.15) is 40.3 Å². The largest absolute Gasteiger partial charge is 0.497 e. The molecular formula is C25H27NO4. The fourth-order valence-electron chi connectivity index (χ4n) is 4.16. The Morgan fingerprint density at radius 2 is 1.43 bits per heavy atom. The predicted molar refractivity (Wildman–Crippen MR) is 119 cm³/mol. The second-order valence-corrected chi connectivity index (χ2v) is 7.75. The van der Waals surface area contributed by atoms with Gasteiger partial charge in [-0.15, -0.1) is 0 Å². The molecule has 0 fully saturated rings. The van der Waals surface area contributed by atoms with E-state index in [2.05, 4.69) is 32.0 Å². The van der Waals surface area contributed by atoms with Gasteiger partial charge in [0, 0.05) is 17.0 Å². The summed E-state index contributed by atoms with van der Waals surface area (Å²) >= 11 is 0. The van der Waals surface area contributed by atoms with Gasteiger partial charge in [-0.1, -0.05) is 24.3 Å². The Balaban J connectivity index is 2.30. The summed E-state index contributed by atoms with van der Waals surface area (Å²) in [4.78, 5) is 11.0. The van der Waals surface area contributed by atoms with Crippen LogP contribution < -0.4 is 9.47 Å². The third-order valence-corrected chi connectivity index (χ3v) is 5.92. The number of hydrogen-bond acceptors (Lipinski definition) is 4. The number of methoxy groups -OCH3 is 2. The minimum absolute atomic E-state index is 0.124. The van der Waals surface area contributed by atoms with Crippen LogP contribution in [0.4, 0.5) is 5.69 Å². The molecule has 0 bridgehead atoms. The summed E-state index contributed by atoms with van der Waals surface area (Å²) in [5.74, 6) is 1.62. The molecule has 0 aliphatic heterocycles. The van der Waals surface area contributed by atoms with E-state index >= 15 is 0 Å². The summed E-state index contributed by atoms with van der Waals surface area (Å²) in [5.41, 5.74) is 5.55. The lowest BCUT2D eigenvalue weighted by Gasteiger charge is -2.34. The number of ether oxygens (including phenoxy) is 2.